The minimum atomic E-state index is -0.806. The number of hydrogen-bond donors (Lipinski definition) is 2. The average Bonchev–Trinajstić information content (AvgIpc) is 3.43. The van der Waals surface area contributed by atoms with Gasteiger partial charge in [-0.05, 0) is 57.9 Å². The normalized spacial score (nSPS) is 24.2. The molecule has 5 rings (SSSR count). The first-order valence-electron chi connectivity index (χ1n) is 11.4. The SMILES string of the molecule is CC(C)(O)C1CCC(C(=O)N2CCC[C@@H](c3nc4c5cc(F)cc(F)c5nc(N)n4n3)C2)C1. The van der Waals surface area contributed by atoms with Crippen molar-refractivity contribution in [1.82, 2.24) is 24.5 Å². The Balaban J connectivity index is 1.41. The van der Waals surface area contributed by atoms with Gasteiger partial charge in [0.25, 0.3) is 0 Å². The van der Waals surface area contributed by atoms with Crippen molar-refractivity contribution in [3.05, 3.63) is 29.6 Å². The maximum Gasteiger partial charge on any atom is 0.225 e. The van der Waals surface area contributed by atoms with Crippen molar-refractivity contribution in [1.29, 1.82) is 0 Å². The van der Waals surface area contributed by atoms with Crippen molar-refractivity contribution >= 4 is 28.4 Å². The van der Waals surface area contributed by atoms with Crippen LogP contribution in [0.5, 0.6) is 0 Å². The zero-order valence-electron chi connectivity index (χ0n) is 18.8. The Hall–Kier alpha value is -2.88. The monoisotopic (exact) mass is 458 g/mol. The summed E-state index contributed by atoms with van der Waals surface area (Å²) in [5.74, 6) is -1.03. The number of halogens is 2. The number of nitrogens with two attached hydrogens (primary N) is 1. The molecule has 1 aliphatic carbocycles. The van der Waals surface area contributed by atoms with Crippen LogP contribution in [0.4, 0.5) is 14.7 Å². The molecule has 0 bridgehead atoms. The smallest absolute Gasteiger partial charge is 0.225 e. The Kier molecular flexibility index (Phi) is 5.23. The Morgan fingerprint density at radius 2 is 2.00 bits per heavy atom. The van der Waals surface area contributed by atoms with Crippen LogP contribution in [0.15, 0.2) is 12.1 Å². The van der Waals surface area contributed by atoms with Crippen molar-refractivity contribution in [2.24, 2.45) is 11.8 Å². The lowest BCUT2D eigenvalue weighted by molar-refractivity contribution is -0.136. The predicted octanol–water partition coefficient (Wildman–Crippen LogP) is 3.03. The highest BCUT2D eigenvalue weighted by Gasteiger charge is 2.40. The molecule has 2 aliphatic rings. The molecule has 3 aromatic rings. The van der Waals surface area contributed by atoms with Crippen LogP contribution in [-0.2, 0) is 4.79 Å². The van der Waals surface area contributed by atoms with Crippen molar-refractivity contribution in [2.45, 2.75) is 57.5 Å². The number of aromatic nitrogens is 4. The van der Waals surface area contributed by atoms with E-state index in [-0.39, 0.29) is 46.2 Å². The summed E-state index contributed by atoms with van der Waals surface area (Å²) in [6, 6.07) is 1.94. The first kappa shape index (κ1) is 21.9. The molecular weight excluding hydrogens is 430 g/mol. The Morgan fingerprint density at radius 1 is 1.21 bits per heavy atom. The molecule has 2 aromatic heterocycles. The second-order valence-corrected chi connectivity index (χ2v) is 9.94. The van der Waals surface area contributed by atoms with Gasteiger partial charge in [-0.1, -0.05) is 0 Å². The molecule has 8 nitrogen and oxygen atoms in total. The van der Waals surface area contributed by atoms with Crippen LogP contribution in [0, 0.1) is 23.5 Å². The highest BCUT2D eigenvalue weighted by molar-refractivity contribution is 5.92. The van der Waals surface area contributed by atoms with E-state index in [9.17, 15) is 18.7 Å². The molecule has 1 aromatic carbocycles. The third kappa shape index (κ3) is 3.90. The second kappa shape index (κ2) is 7.86. The van der Waals surface area contributed by atoms with Crippen LogP contribution < -0.4 is 5.73 Å². The lowest BCUT2D eigenvalue weighted by Gasteiger charge is -2.33. The topological polar surface area (TPSA) is 110 Å². The van der Waals surface area contributed by atoms with E-state index in [1.165, 1.54) is 10.6 Å². The van der Waals surface area contributed by atoms with Crippen LogP contribution in [0.25, 0.3) is 16.6 Å². The van der Waals surface area contributed by atoms with Gasteiger partial charge >= 0.3 is 0 Å². The lowest BCUT2D eigenvalue weighted by atomic mass is 9.88. The number of nitrogens with zero attached hydrogens (tertiary/aromatic N) is 5. The summed E-state index contributed by atoms with van der Waals surface area (Å²) in [6.07, 6.45) is 3.93. The molecule has 1 saturated carbocycles. The number of carbonyl (C=O) groups is 1. The predicted molar refractivity (Wildman–Crippen MR) is 118 cm³/mol. The fourth-order valence-corrected chi connectivity index (χ4v) is 5.34. The molecule has 1 saturated heterocycles. The van der Waals surface area contributed by atoms with Crippen LogP contribution in [0.3, 0.4) is 0 Å². The van der Waals surface area contributed by atoms with Crippen molar-refractivity contribution in [2.75, 3.05) is 18.8 Å². The summed E-state index contributed by atoms with van der Waals surface area (Å²) < 4.78 is 29.4. The maximum absolute atomic E-state index is 14.2. The molecule has 2 fully saturated rings. The number of rotatable bonds is 3. The number of fused-ring (bicyclic) bond motifs is 3. The van der Waals surface area contributed by atoms with E-state index in [1.807, 2.05) is 4.90 Å². The maximum atomic E-state index is 14.2. The first-order chi connectivity index (χ1) is 15.6. The number of hydrogen-bond acceptors (Lipinski definition) is 6. The van der Waals surface area contributed by atoms with Gasteiger partial charge in [-0.2, -0.15) is 4.52 Å². The number of anilines is 1. The molecule has 0 radical (unpaired) electrons. The van der Waals surface area contributed by atoms with Crippen molar-refractivity contribution in [3.8, 4) is 0 Å². The lowest BCUT2D eigenvalue weighted by Crippen LogP contribution is -2.42. The summed E-state index contributed by atoms with van der Waals surface area (Å²) in [5.41, 5.74) is 5.40. The Morgan fingerprint density at radius 3 is 2.73 bits per heavy atom. The van der Waals surface area contributed by atoms with Gasteiger partial charge in [-0.3, -0.25) is 4.79 Å². The van der Waals surface area contributed by atoms with Gasteiger partial charge in [-0.15, -0.1) is 5.10 Å². The molecule has 10 heteroatoms. The van der Waals surface area contributed by atoms with Gasteiger partial charge in [0.15, 0.2) is 17.3 Å². The van der Waals surface area contributed by atoms with Crippen LogP contribution in [0.1, 0.15) is 57.7 Å². The van der Waals surface area contributed by atoms with E-state index in [1.54, 1.807) is 13.8 Å². The van der Waals surface area contributed by atoms with Gasteiger partial charge in [0.1, 0.15) is 11.3 Å². The minimum absolute atomic E-state index is 0.0332. The van der Waals surface area contributed by atoms with E-state index < -0.39 is 17.2 Å². The quantitative estimate of drug-likeness (QED) is 0.624. The summed E-state index contributed by atoms with van der Waals surface area (Å²) in [5, 5.41) is 15.0. The highest BCUT2D eigenvalue weighted by atomic mass is 19.1. The molecule has 3 N–H and O–H groups in total. The zero-order chi connectivity index (χ0) is 23.5. The van der Waals surface area contributed by atoms with E-state index in [0.29, 0.717) is 25.3 Å². The average molecular weight is 459 g/mol. The van der Waals surface area contributed by atoms with Crippen LogP contribution in [-0.4, -0.2) is 54.2 Å². The first-order valence-corrected chi connectivity index (χ1v) is 11.4. The molecule has 1 amide bonds. The minimum Gasteiger partial charge on any atom is -0.390 e. The van der Waals surface area contributed by atoms with E-state index in [0.717, 1.165) is 31.7 Å². The Labute approximate surface area is 189 Å². The van der Waals surface area contributed by atoms with Crippen LogP contribution >= 0.6 is 0 Å². The molecule has 3 heterocycles. The third-order valence-corrected chi connectivity index (χ3v) is 7.22. The summed E-state index contributed by atoms with van der Waals surface area (Å²) in [6.45, 7) is 4.76. The van der Waals surface area contributed by atoms with E-state index in [2.05, 4.69) is 15.1 Å². The third-order valence-electron chi connectivity index (χ3n) is 7.22. The van der Waals surface area contributed by atoms with E-state index in [4.69, 9.17) is 5.73 Å². The number of benzene rings is 1. The van der Waals surface area contributed by atoms with Gasteiger partial charge in [-0.25, -0.2) is 18.7 Å². The summed E-state index contributed by atoms with van der Waals surface area (Å²) in [7, 11) is 0. The van der Waals surface area contributed by atoms with E-state index >= 15 is 0 Å². The van der Waals surface area contributed by atoms with Crippen molar-refractivity contribution < 1.29 is 18.7 Å². The molecule has 33 heavy (non-hydrogen) atoms. The van der Waals surface area contributed by atoms with Gasteiger partial charge < -0.3 is 15.7 Å². The van der Waals surface area contributed by atoms with Gasteiger partial charge in [0.2, 0.25) is 11.9 Å². The zero-order valence-corrected chi connectivity index (χ0v) is 18.8. The summed E-state index contributed by atoms with van der Waals surface area (Å²) in [4.78, 5) is 23.7. The number of likely N-dealkylation sites (tertiary alicyclic amines) is 1. The number of piperidine rings is 1. The standard InChI is InChI=1S/C23H28F2N6O2/c1-23(2,33)14-6-5-12(8-14)21(32)30-7-3-4-13(11-30)19-28-20-16-9-15(24)10-17(25)18(16)27-22(26)31(20)29-19/h9-10,12-14,33H,3-8,11H2,1-2H3,(H2,26,27)/t12?,13-,14?/m1/s1. The molecule has 176 valence electrons. The molecule has 3 atom stereocenters. The Bertz CT molecular complexity index is 1240. The van der Waals surface area contributed by atoms with Gasteiger partial charge in [0, 0.05) is 31.0 Å². The van der Waals surface area contributed by atoms with Gasteiger partial charge in [0.05, 0.1) is 11.0 Å². The fourth-order valence-electron chi connectivity index (χ4n) is 5.34. The van der Waals surface area contributed by atoms with Crippen LogP contribution in [0.2, 0.25) is 0 Å². The molecule has 2 unspecified atom stereocenters. The largest absolute Gasteiger partial charge is 0.390 e. The highest BCUT2D eigenvalue weighted by Crippen LogP contribution is 2.39. The summed E-state index contributed by atoms with van der Waals surface area (Å²) >= 11 is 0. The molecular formula is C23H28F2N6O2. The number of aliphatic hydroxyl groups is 1. The molecule has 1 aliphatic heterocycles. The number of nitrogen functional groups attached to an aromatic ring is 1. The number of amides is 1. The molecule has 0 spiro atoms. The fraction of sp³-hybridized carbons (Fsp3) is 0.565. The van der Waals surface area contributed by atoms with Crippen molar-refractivity contribution in [3.63, 3.8) is 0 Å². The number of carbonyl (C=O) groups excluding carboxylic acids is 1. The second-order valence-electron chi connectivity index (χ2n) is 9.94.